The minimum Gasteiger partial charge on any atom is -0.372 e. The average molecular weight is 297 g/mol. The molecule has 1 fully saturated rings. The molecule has 1 aromatic rings. The van der Waals surface area contributed by atoms with Gasteiger partial charge in [-0.25, -0.2) is 4.98 Å². The Morgan fingerprint density at radius 1 is 1.35 bits per heavy atom. The fraction of sp³-hybridized carbons (Fsp3) is 0.800. The standard InChI is InChI=1S/C15H27N3OS/c1-6-16-7-13-14(10(2)3)17-15(20-13)18-8-11(4)19-12(5)9-18/h10-12,16H,6-9H2,1-5H3. The summed E-state index contributed by atoms with van der Waals surface area (Å²) < 4.78 is 5.81. The molecule has 2 rings (SSSR count). The number of ether oxygens (including phenoxy) is 1. The van der Waals surface area contributed by atoms with E-state index >= 15 is 0 Å². The van der Waals surface area contributed by atoms with E-state index in [0.717, 1.165) is 31.3 Å². The van der Waals surface area contributed by atoms with E-state index in [-0.39, 0.29) is 12.2 Å². The molecule has 0 bridgehead atoms. The minimum atomic E-state index is 0.280. The number of rotatable bonds is 5. The smallest absolute Gasteiger partial charge is 0.186 e. The molecule has 1 N–H and O–H groups in total. The molecule has 5 heteroatoms. The summed E-state index contributed by atoms with van der Waals surface area (Å²) >= 11 is 1.84. The van der Waals surface area contributed by atoms with Crippen molar-refractivity contribution in [1.82, 2.24) is 10.3 Å². The van der Waals surface area contributed by atoms with Crippen LogP contribution < -0.4 is 10.2 Å². The molecule has 2 unspecified atom stereocenters. The van der Waals surface area contributed by atoms with Gasteiger partial charge in [0.1, 0.15) is 0 Å². The van der Waals surface area contributed by atoms with E-state index in [2.05, 4.69) is 44.8 Å². The summed E-state index contributed by atoms with van der Waals surface area (Å²) in [4.78, 5) is 8.66. The number of aromatic nitrogens is 1. The van der Waals surface area contributed by atoms with E-state index in [1.807, 2.05) is 11.3 Å². The second-order valence-corrected chi connectivity index (χ2v) is 6.96. The lowest BCUT2D eigenvalue weighted by molar-refractivity contribution is -0.00523. The summed E-state index contributed by atoms with van der Waals surface area (Å²) in [7, 11) is 0. The fourth-order valence-electron chi connectivity index (χ4n) is 2.64. The molecule has 1 aliphatic heterocycles. The topological polar surface area (TPSA) is 37.4 Å². The summed E-state index contributed by atoms with van der Waals surface area (Å²) in [5.74, 6) is 0.476. The maximum atomic E-state index is 5.81. The van der Waals surface area contributed by atoms with Crippen LogP contribution >= 0.6 is 11.3 Å². The number of nitrogens with one attached hydrogen (secondary N) is 1. The first-order valence-electron chi connectivity index (χ1n) is 7.62. The Hall–Kier alpha value is -0.650. The van der Waals surface area contributed by atoms with Crippen molar-refractivity contribution < 1.29 is 4.74 Å². The highest BCUT2D eigenvalue weighted by atomic mass is 32.1. The van der Waals surface area contributed by atoms with Crippen LogP contribution in [0.5, 0.6) is 0 Å². The number of hydrogen-bond donors (Lipinski definition) is 1. The van der Waals surface area contributed by atoms with Crippen LogP contribution in [0.2, 0.25) is 0 Å². The quantitative estimate of drug-likeness (QED) is 0.906. The fourth-order valence-corrected chi connectivity index (χ4v) is 3.84. The lowest BCUT2D eigenvalue weighted by atomic mass is 10.1. The molecule has 0 aliphatic carbocycles. The summed E-state index contributed by atoms with van der Waals surface area (Å²) in [5, 5.41) is 4.58. The predicted octanol–water partition coefficient (Wildman–Crippen LogP) is 2.99. The van der Waals surface area contributed by atoms with E-state index < -0.39 is 0 Å². The Labute approximate surface area is 126 Å². The Kier molecular flexibility index (Phi) is 5.41. The van der Waals surface area contributed by atoms with Gasteiger partial charge in [0.25, 0.3) is 0 Å². The molecular formula is C15H27N3OS. The highest BCUT2D eigenvalue weighted by Gasteiger charge is 2.25. The van der Waals surface area contributed by atoms with E-state index in [1.54, 1.807) is 0 Å². The summed E-state index contributed by atoms with van der Waals surface area (Å²) in [6.07, 6.45) is 0.560. The number of thiazole rings is 1. The second-order valence-electron chi connectivity index (χ2n) is 5.90. The molecule has 4 nitrogen and oxygen atoms in total. The number of nitrogens with zero attached hydrogens (tertiary/aromatic N) is 2. The van der Waals surface area contributed by atoms with Gasteiger partial charge < -0.3 is 15.0 Å². The molecule has 0 spiro atoms. The third kappa shape index (κ3) is 3.71. The molecule has 20 heavy (non-hydrogen) atoms. The van der Waals surface area contributed by atoms with Crippen molar-refractivity contribution in [2.24, 2.45) is 0 Å². The number of hydrogen-bond acceptors (Lipinski definition) is 5. The van der Waals surface area contributed by atoms with Crippen LogP contribution in [0.15, 0.2) is 0 Å². The second kappa shape index (κ2) is 6.87. The molecule has 2 heterocycles. The molecule has 1 saturated heterocycles. The molecule has 0 saturated carbocycles. The highest BCUT2D eigenvalue weighted by Crippen LogP contribution is 2.32. The first kappa shape index (κ1) is 15.7. The van der Waals surface area contributed by atoms with Gasteiger partial charge in [0.15, 0.2) is 5.13 Å². The van der Waals surface area contributed by atoms with Crippen molar-refractivity contribution >= 4 is 16.5 Å². The zero-order valence-electron chi connectivity index (χ0n) is 13.3. The van der Waals surface area contributed by atoms with Crippen LogP contribution in [0.1, 0.15) is 51.1 Å². The van der Waals surface area contributed by atoms with Crippen LogP contribution in [0.3, 0.4) is 0 Å². The van der Waals surface area contributed by atoms with Crippen molar-refractivity contribution in [3.05, 3.63) is 10.6 Å². The van der Waals surface area contributed by atoms with Crippen molar-refractivity contribution in [3.8, 4) is 0 Å². The molecule has 0 amide bonds. The van der Waals surface area contributed by atoms with Gasteiger partial charge in [-0.1, -0.05) is 20.8 Å². The van der Waals surface area contributed by atoms with Crippen molar-refractivity contribution in [2.45, 2.75) is 59.3 Å². The Bertz CT molecular complexity index is 423. The maximum Gasteiger partial charge on any atom is 0.186 e. The molecule has 114 valence electrons. The SMILES string of the molecule is CCNCc1sc(N2CC(C)OC(C)C2)nc1C(C)C. The predicted molar refractivity (Wildman–Crippen MR) is 85.8 cm³/mol. The van der Waals surface area contributed by atoms with Crippen LogP contribution in [-0.4, -0.2) is 36.8 Å². The Morgan fingerprint density at radius 2 is 2.00 bits per heavy atom. The monoisotopic (exact) mass is 297 g/mol. The van der Waals surface area contributed by atoms with E-state index in [4.69, 9.17) is 9.72 Å². The van der Waals surface area contributed by atoms with Gasteiger partial charge in [-0.05, 0) is 26.3 Å². The van der Waals surface area contributed by atoms with Gasteiger partial charge in [0.05, 0.1) is 17.9 Å². The molecule has 0 aromatic carbocycles. The van der Waals surface area contributed by atoms with E-state index in [1.165, 1.54) is 10.6 Å². The van der Waals surface area contributed by atoms with Crippen molar-refractivity contribution in [1.29, 1.82) is 0 Å². The van der Waals surface area contributed by atoms with Gasteiger partial charge in [-0.2, -0.15) is 0 Å². The first-order valence-corrected chi connectivity index (χ1v) is 8.43. The van der Waals surface area contributed by atoms with E-state index in [0.29, 0.717) is 5.92 Å². The number of morpholine rings is 1. The van der Waals surface area contributed by atoms with Gasteiger partial charge >= 0.3 is 0 Å². The molecule has 1 aliphatic rings. The number of anilines is 1. The lowest BCUT2D eigenvalue weighted by Gasteiger charge is -2.35. The Morgan fingerprint density at radius 3 is 2.55 bits per heavy atom. The van der Waals surface area contributed by atoms with Crippen LogP contribution in [0.4, 0.5) is 5.13 Å². The van der Waals surface area contributed by atoms with Crippen molar-refractivity contribution in [2.75, 3.05) is 24.5 Å². The van der Waals surface area contributed by atoms with Crippen LogP contribution in [0, 0.1) is 0 Å². The van der Waals surface area contributed by atoms with Crippen LogP contribution in [-0.2, 0) is 11.3 Å². The first-order chi connectivity index (χ1) is 9.51. The van der Waals surface area contributed by atoms with Gasteiger partial charge in [0, 0.05) is 24.5 Å². The lowest BCUT2D eigenvalue weighted by Crippen LogP contribution is -2.45. The third-order valence-electron chi connectivity index (χ3n) is 3.49. The summed E-state index contributed by atoms with van der Waals surface area (Å²) in [6, 6.07) is 0. The van der Waals surface area contributed by atoms with Crippen molar-refractivity contribution in [3.63, 3.8) is 0 Å². The van der Waals surface area contributed by atoms with E-state index in [9.17, 15) is 0 Å². The molecule has 1 aromatic heterocycles. The largest absolute Gasteiger partial charge is 0.372 e. The maximum absolute atomic E-state index is 5.81. The molecule has 2 atom stereocenters. The van der Waals surface area contributed by atoms with Gasteiger partial charge in [-0.3, -0.25) is 0 Å². The molecular weight excluding hydrogens is 270 g/mol. The normalized spacial score (nSPS) is 23.6. The summed E-state index contributed by atoms with van der Waals surface area (Å²) in [6.45, 7) is 14.7. The zero-order chi connectivity index (χ0) is 14.7. The Balaban J connectivity index is 2.18. The average Bonchev–Trinajstić information content (AvgIpc) is 2.79. The zero-order valence-corrected chi connectivity index (χ0v) is 14.1. The minimum absolute atomic E-state index is 0.280. The van der Waals surface area contributed by atoms with Gasteiger partial charge in [0.2, 0.25) is 0 Å². The van der Waals surface area contributed by atoms with Gasteiger partial charge in [-0.15, -0.1) is 11.3 Å². The molecule has 0 radical (unpaired) electrons. The summed E-state index contributed by atoms with van der Waals surface area (Å²) in [5.41, 5.74) is 1.25. The highest BCUT2D eigenvalue weighted by molar-refractivity contribution is 7.15. The third-order valence-corrected chi connectivity index (χ3v) is 4.62. The van der Waals surface area contributed by atoms with Crippen LogP contribution in [0.25, 0.3) is 0 Å².